The first-order chi connectivity index (χ1) is 7.75. The highest BCUT2D eigenvalue weighted by Gasteiger charge is 2.33. The second-order valence-electron chi connectivity index (χ2n) is 3.12. The molecule has 0 aliphatic heterocycles. The zero-order valence-electron chi connectivity index (χ0n) is 8.85. The smallest absolute Gasteiger partial charge is 0.330 e. The summed E-state index contributed by atoms with van der Waals surface area (Å²) in [6.45, 7) is 0. The predicted octanol–water partition coefficient (Wildman–Crippen LogP) is 0.944. The summed E-state index contributed by atoms with van der Waals surface area (Å²) >= 11 is 3.78. The lowest BCUT2D eigenvalue weighted by molar-refractivity contribution is -0.140. The lowest BCUT2D eigenvalue weighted by atomic mass is 10.3. The molecule has 17 heavy (non-hydrogen) atoms. The van der Waals surface area contributed by atoms with Crippen LogP contribution >= 0.6 is 45.2 Å². The van der Waals surface area contributed by atoms with Crippen molar-refractivity contribution in [2.75, 3.05) is 13.4 Å². The van der Waals surface area contributed by atoms with Crippen LogP contribution in [0.5, 0.6) is 0 Å². The van der Waals surface area contributed by atoms with Crippen molar-refractivity contribution in [1.29, 1.82) is 0 Å². The van der Waals surface area contributed by atoms with Crippen molar-refractivity contribution in [1.82, 2.24) is 9.97 Å². The largest absolute Gasteiger partial charge is 0.468 e. The summed E-state index contributed by atoms with van der Waals surface area (Å²) in [4.78, 5) is 19.5. The molecule has 6 nitrogen and oxygen atoms in total. The predicted molar refractivity (Wildman–Crippen MR) is 77.1 cm³/mol. The lowest BCUT2D eigenvalue weighted by Gasteiger charge is -2.12. The van der Waals surface area contributed by atoms with E-state index in [1.807, 2.05) is 45.2 Å². The molecular formula is C8H8I2N2O4S. The number of ether oxygens (including phenoxy) is 1. The number of carbonyl (C=O) groups is 1. The van der Waals surface area contributed by atoms with E-state index in [0.29, 0.717) is 7.53 Å². The fraction of sp³-hybridized carbons (Fsp3) is 0.375. The van der Waals surface area contributed by atoms with E-state index in [9.17, 15) is 13.2 Å². The van der Waals surface area contributed by atoms with Gasteiger partial charge < -0.3 is 4.74 Å². The molecule has 0 N–H and O–H groups in total. The number of hydrogen-bond acceptors (Lipinski definition) is 6. The first kappa shape index (κ1) is 15.0. The Morgan fingerprint density at radius 2 is 2.00 bits per heavy atom. The van der Waals surface area contributed by atoms with Crippen LogP contribution < -0.4 is 0 Å². The highest BCUT2D eigenvalue weighted by molar-refractivity contribution is 14.1. The quantitative estimate of drug-likeness (QED) is 0.276. The molecule has 1 rings (SSSR count). The van der Waals surface area contributed by atoms with E-state index in [2.05, 4.69) is 14.7 Å². The maximum atomic E-state index is 11.6. The van der Waals surface area contributed by atoms with E-state index in [1.165, 1.54) is 6.07 Å². The monoisotopic (exact) mass is 482 g/mol. The minimum atomic E-state index is -3.63. The van der Waals surface area contributed by atoms with Crippen LogP contribution in [0.1, 0.15) is 10.9 Å². The molecule has 0 amide bonds. The average Bonchev–Trinajstić information content (AvgIpc) is 2.13. The third-order valence-electron chi connectivity index (χ3n) is 1.80. The number of carbonyl (C=O) groups excluding carboxylic acids is 1. The molecule has 0 aliphatic carbocycles. The third kappa shape index (κ3) is 3.98. The highest BCUT2D eigenvalue weighted by Crippen LogP contribution is 2.23. The molecule has 94 valence electrons. The first-order valence-electron chi connectivity index (χ1n) is 4.22. The molecule has 1 unspecified atom stereocenters. The molecular weight excluding hydrogens is 474 g/mol. The maximum absolute atomic E-state index is 11.6. The Bertz CT molecular complexity index is 526. The van der Waals surface area contributed by atoms with Crippen LogP contribution in [-0.2, 0) is 19.4 Å². The normalized spacial score (nSPS) is 13.2. The number of sulfone groups is 1. The van der Waals surface area contributed by atoms with Gasteiger partial charge in [-0.25, -0.2) is 18.4 Å². The highest BCUT2D eigenvalue weighted by atomic mass is 127. The van der Waals surface area contributed by atoms with Gasteiger partial charge in [0.25, 0.3) is 0 Å². The Morgan fingerprint density at radius 3 is 2.41 bits per heavy atom. The van der Waals surface area contributed by atoms with Gasteiger partial charge in [-0.05, 0) is 28.7 Å². The lowest BCUT2D eigenvalue weighted by Crippen LogP contribution is -2.24. The van der Waals surface area contributed by atoms with Gasteiger partial charge in [0.05, 0.1) is 12.8 Å². The Morgan fingerprint density at radius 1 is 1.41 bits per heavy atom. The second-order valence-corrected chi connectivity index (χ2v) is 7.32. The molecule has 0 aliphatic rings. The van der Waals surface area contributed by atoms with Gasteiger partial charge in [-0.15, -0.1) is 0 Å². The van der Waals surface area contributed by atoms with Crippen molar-refractivity contribution in [3.05, 3.63) is 19.3 Å². The number of nitrogens with zero attached hydrogens (tertiary/aromatic N) is 2. The van der Waals surface area contributed by atoms with Gasteiger partial charge in [0.15, 0.2) is 18.9 Å². The maximum Gasteiger partial charge on any atom is 0.330 e. The van der Waals surface area contributed by atoms with Crippen LogP contribution in [0.3, 0.4) is 0 Å². The van der Waals surface area contributed by atoms with Crippen LogP contribution in [0, 0.1) is 7.53 Å². The molecule has 0 saturated heterocycles. The number of methoxy groups -OCH3 is 1. The summed E-state index contributed by atoms with van der Waals surface area (Å²) in [5.74, 6) is -0.849. The summed E-state index contributed by atoms with van der Waals surface area (Å²) in [6.07, 6.45) is 0.969. The van der Waals surface area contributed by atoms with Crippen molar-refractivity contribution < 1.29 is 17.9 Å². The molecule has 1 atom stereocenters. The van der Waals surface area contributed by atoms with Crippen LogP contribution in [0.4, 0.5) is 0 Å². The number of esters is 1. The zero-order chi connectivity index (χ0) is 13.2. The summed E-state index contributed by atoms with van der Waals surface area (Å²) < 4.78 is 28.6. The van der Waals surface area contributed by atoms with E-state index in [4.69, 9.17) is 0 Å². The Kier molecular flexibility index (Phi) is 5.07. The molecule has 0 fully saturated rings. The topological polar surface area (TPSA) is 86.2 Å². The molecule has 0 radical (unpaired) electrons. The summed E-state index contributed by atoms with van der Waals surface area (Å²) in [5.41, 5.74) is 0.128. The second kappa shape index (κ2) is 5.73. The minimum Gasteiger partial charge on any atom is -0.468 e. The Hall–Kier alpha value is -0.0400. The van der Waals surface area contributed by atoms with Crippen molar-refractivity contribution in [2.24, 2.45) is 0 Å². The van der Waals surface area contributed by atoms with Crippen molar-refractivity contribution in [3.8, 4) is 0 Å². The molecule has 0 spiro atoms. The molecule has 1 aromatic rings. The van der Waals surface area contributed by atoms with E-state index < -0.39 is 21.1 Å². The van der Waals surface area contributed by atoms with E-state index >= 15 is 0 Å². The van der Waals surface area contributed by atoms with Crippen LogP contribution in [0.15, 0.2) is 6.07 Å². The minimum absolute atomic E-state index is 0.128. The third-order valence-corrected chi connectivity index (χ3v) is 4.12. The Labute approximate surface area is 126 Å². The fourth-order valence-electron chi connectivity index (χ4n) is 1.16. The van der Waals surface area contributed by atoms with Gasteiger partial charge in [0.2, 0.25) is 0 Å². The standard InChI is InChI=1S/C8H8I2N2O4S/c1-16-7(13)6(17(2,14)15)4-3-5(9)12-8(10)11-4/h3,6H,1-2H3. The number of halogens is 2. The van der Waals surface area contributed by atoms with Crippen LogP contribution in [0.2, 0.25) is 0 Å². The van der Waals surface area contributed by atoms with Crippen molar-refractivity contribution in [3.63, 3.8) is 0 Å². The van der Waals surface area contributed by atoms with Gasteiger partial charge in [-0.1, -0.05) is 0 Å². The number of rotatable bonds is 3. The first-order valence-corrected chi connectivity index (χ1v) is 8.33. The van der Waals surface area contributed by atoms with Crippen molar-refractivity contribution >= 4 is 61.0 Å². The molecule has 1 heterocycles. The van der Waals surface area contributed by atoms with E-state index in [-0.39, 0.29) is 5.69 Å². The summed E-state index contributed by atoms with van der Waals surface area (Å²) in [7, 11) is -2.50. The van der Waals surface area contributed by atoms with Crippen LogP contribution in [-0.4, -0.2) is 37.7 Å². The fourth-order valence-corrected chi connectivity index (χ4v) is 3.72. The van der Waals surface area contributed by atoms with Gasteiger partial charge in [-0.2, -0.15) is 0 Å². The van der Waals surface area contributed by atoms with Gasteiger partial charge in [0, 0.05) is 28.8 Å². The average molecular weight is 482 g/mol. The van der Waals surface area contributed by atoms with Gasteiger partial charge in [-0.3, -0.25) is 4.79 Å². The summed E-state index contributed by atoms with van der Waals surface area (Å²) in [6, 6.07) is 1.45. The molecule has 0 saturated carbocycles. The Balaban J connectivity index is 3.37. The van der Waals surface area contributed by atoms with Gasteiger partial charge in [0.1, 0.15) is 3.70 Å². The van der Waals surface area contributed by atoms with E-state index in [1.54, 1.807) is 0 Å². The van der Waals surface area contributed by atoms with Crippen LogP contribution in [0.25, 0.3) is 0 Å². The zero-order valence-corrected chi connectivity index (χ0v) is 14.0. The van der Waals surface area contributed by atoms with Gasteiger partial charge >= 0.3 is 5.97 Å². The molecule has 0 aromatic carbocycles. The molecule has 0 bridgehead atoms. The SMILES string of the molecule is COC(=O)C(c1cc(I)nc(I)n1)S(C)(=O)=O. The number of hydrogen-bond donors (Lipinski definition) is 0. The van der Waals surface area contributed by atoms with Crippen molar-refractivity contribution in [2.45, 2.75) is 5.25 Å². The summed E-state index contributed by atoms with van der Waals surface area (Å²) in [5, 5.41) is -1.41. The van der Waals surface area contributed by atoms with E-state index in [0.717, 1.165) is 13.4 Å². The number of aromatic nitrogens is 2. The molecule has 9 heteroatoms. The molecule has 1 aromatic heterocycles.